The van der Waals surface area contributed by atoms with Crippen LogP contribution >= 0.6 is 0 Å². The van der Waals surface area contributed by atoms with Crippen molar-refractivity contribution >= 4 is 40.4 Å². The Hall–Kier alpha value is -4.77. The molecule has 0 saturated heterocycles. The van der Waals surface area contributed by atoms with E-state index in [1.807, 2.05) is 35.2 Å². The predicted molar refractivity (Wildman–Crippen MR) is 139 cm³/mol. The van der Waals surface area contributed by atoms with Crippen LogP contribution in [0.25, 0.3) is 0 Å². The summed E-state index contributed by atoms with van der Waals surface area (Å²) in [6.07, 6.45) is 3.73. The number of carbonyl (C=O) groups excluding carboxylic acids is 1. The maximum Gasteiger partial charge on any atom is 0.256 e. The normalized spacial score (nSPS) is 15.1. The van der Waals surface area contributed by atoms with Gasteiger partial charge >= 0.3 is 0 Å². The van der Waals surface area contributed by atoms with E-state index in [4.69, 9.17) is 0 Å². The molecule has 1 atom stereocenters. The number of aliphatic hydroxyl groups excluding tert-OH is 1. The molecular formula is C26H25FN8O2. The van der Waals surface area contributed by atoms with Crippen LogP contribution in [0.1, 0.15) is 5.56 Å². The number of benzene rings is 2. The summed E-state index contributed by atoms with van der Waals surface area (Å²) < 4.78 is 15.5. The lowest BCUT2D eigenvalue weighted by Gasteiger charge is -2.36. The van der Waals surface area contributed by atoms with Crippen LogP contribution in [0.5, 0.6) is 0 Å². The van der Waals surface area contributed by atoms with Crippen LogP contribution in [-0.4, -0.2) is 43.7 Å². The van der Waals surface area contributed by atoms with Crippen LogP contribution in [0.4, 0.5) is 38.9 Å². The van der Waals surface area contributed by atoms with E-state index in [1.165, 1.54) is 17.0 Å². The van der Waals surface area contributed by atoms with Gasteiger partial charge in [-0.25, -0.2) is 4.98 Å². The van der Waals surface area contributed by atoms with Crippen molar-refractivity contribution in [2.45, 2.75) is 12.8 Å². The average Bonchev–Trinajstić information content (AvgIpc) is 3.13. The molecule has 1 aliphatic rings. The Kier molecular flexibility index (Phi) is 6.52. The molecule has 1 unspecified atom stereocenters. The Morgan fingerprint density at radius 1 is 1.19 bits per heavy atom. The smallest absolute Gasteiger partial charge is 0.256 e. The molecule has 2 aromatic carbocycles. The van der Waals surface area contributed by atoms with Gasteiger partial charge in [-0.3, -0.25) is 14.4 Å². The molecule has 1 amide bonds. The third-order valence-corrected chi connectivity index (χ3v) is 5.90. The first-order chi connectivity index (χ1) is 17.9. The quantitative estimate of drug-likeness (QED) is 0.344. The summed E-state index contributed by atoms with van der Waals surface area (Å²) in [4.78, 5) is 24.5. The minimum Gasteiger partial charge on any atom is -0.356 e. The van der Waals surface area contributed by atoms with Gasteiger partial charge in [0.25, 0.3) is 5.95 Å². The molecule has 10 nitrogen and oxygen atoms in total. The Morgan fingerprint density at radius 3 is 2.70 bits per heavy atom. The first-order valence-electron chi connectivity index (χ1n) is 11.6. The fraction of sp³-hybridized carbons (Fsp3) is 0.154. The molecule has 0 bridgehead atoms. The highest BCUT2D eigenvalue weighted by molar-refractivity contribution is 5.99. The van der Waals surface area contributed by atoms with Gasteiger partial charge in [0.1, 0.15) is 11.5 Å². The van der Waals surface area contributed by atoms with E-state index in [2.05, 4.69) is 32.3 Å². The van der Waals surface area contributed by atoms with Crippen molar-refractivity contribution in [3.63, 3.8) is 0 Å². The van der Waals surface area contributed by atoms with Crippen LogP contribution in [-0.2, 0) is 18.3 Å². The van der Waals surface area contributed by atoms with Crippen LogP contribution < -0.4 is 20.4 Å². The first-order valence-corrected chi connectivity index (χ1v) is 11.6. The van der Waals surface area contributed by atoms with E-state index in [0.29, 0.717) is 30.2 Å². The van der Waals surface area contributed by atoms with Gasteiger partial charge in [-0.15, -0.1) is 5.10 Å². The highest BCUT2D eigenvalue weighted by Gasteiger charge is 2.32. The van der Waals surface area contributed by atoms with Gasteiger partial charge in [-0.2, -0.15) is 9.37 Å². The van der Waals surface area contributed by atoms with E-state index in [-0.39, 0.29) is 17.5 Å². The van der Waals surface area contributed by atoms with Crippen LogP contribution in [0.15, 0.2) is 79.6 Å². The van der Waals surface area contributed by atoms with E-state index < -0.39 is 12.3 Å². The number of anilines is 6. The van der Waals surface area contributed by atoms with E-state index in [1.54, 1.807) is 42.4 Å². The van der Waals surface area contributed by atoms with Crippen molar-refractivity contribution in [2.75, 3.05) is 27.0 Å². The van der Waals surface area contributed by atoms with Crippen molar-refractivity contribution in [3.8, 4) is 0 Å². The number of aromatic nitrogens is 4. The third kappa shape index (κ3) is 4.98. The molecule has 0 saturated carbocycles. The van der Waals surface area contributed by atoms with E-state index in [9.17, 15) is 14.3 Å². The first kappa shape index (κ1) is 23.9. The number of fused-ring (bicyclic) bond motifs is 1. The van der Waals surface area contributed by atoms with E-state index in [0.717, 1.165) is 11.3 Å². The maximum absolute atomic E-state index is 14.2. The molecule has 3 N–H and O–H groups in total. The standard InChI is InChI=1S/C26H25FN8O2/c1-3-22(36)29-18-8-7-11-20(14-18)35-24-17(12-13-34(26(35)37)19-9-5-4-6-10-19)15-28-25(31-24)30-21-16-33(2)32-23(21)27/h3-11,14-16,26,37H,1,12-13H2,2H3,(H,29,36)(H,28,30,31). The highest BCUT2D eigenvalue weighted by Crippen LogP contribution is 2.36. The summed E-state index contributed by atoms with van der Waals surface area (Å²) in [5.41, 5.74) is 2.85. The second kappa shape index (κ2) is 10.1. The molecule has 4 aromatic rings. The van der Waals surface area contributed by atoms with Gasteiger partial charge in [0, 0.05) is 42.4 Å². The Balaban J connectivity index is 1.59. The Bertz CT molecular complexity index is 1440. The van der Waals surface area contributed by atoms with Gasteiger partial charge in [0.15, 0.2) is 0 Å². The fourth-order valence-corrected chi connectivity index (χ4v) is 4.18. The number of carbonyl (C=O) groups is 1. The van der Waals surface area contributed by atoms with Crippen LogP contribution in [0.3, 0.4) is 0 Å². The minimum atomic E-state index is -1.15. The molecule has 11 heteroatoms. The largest absolute Gasteiger partial charge is 0.356 e. The number of aryl methyl sites for hydroxylation is 1. The number of aliphatic hydroxyl groups is 1. The van der Waals surface area contributed by atoms with Crippen molar-refractivity contribution < 1.29 is 14.3 Å². The van der Waals surface area contributed by atoms with Crippen molar-refractivity contribution in [1.29, 1.82) is 0 Å². The SMILES string of the molecule is C=CC(=O)Nc1cccc(N2c3nc(Nc4cn(C)nc4F)ncc3CCN(c3ccccc3)C2O)c1. The van der Waals surface area contributed by atoms with Crippen LogP contribution in [0, 0.1) is 5.95 Å². The predicted octanol–water partition coefficient (Wildman–Crippen LogP) is 3.69. The lowest BCUT2D eigenvalue weighted by atomic mass is 10.2. The zero-order valence-corrected chi connectivity index (χ0v) is 20.0. The highest BCUT2D eigenvalue weighted by atomic mass is 19.1. The molecule has 5 rings (SSSR count). The summed E-state index contributed by atoms with van der Waals surface area (Å²) >= 11 is 0. The zero-order chi connectivity index (χ0) is 25.9. The second-order valence-corrected chi connectivity index (χ2v) is 8.41. The van der Waals surface area contributed by atoms with Crippen molar-refractivity contribution in [3.05, 3.63) is 91.2 Å². The van der Waals surface area contributed by atoms with Gasteiger partial charge in [0.2, 0.25) is 18.2 Å². The molecule has 0 aliphatic carbocycles. The lowest BCUT2D eigenvalue weighted by Crippen LogP contribution is -2.46. The maximum atomic E-state index is 14.2. The topological polar surface area (TPSA) is 111 Å². The molecule has 0 radical (unpaired) electrons. The van der Waals surface area contributed by atoms with Gasteiger partial charge in [0.05, 0.1) is 6.20 Å². The number of halogens is 1. The second-order valence-electron chi connectivity index (χ2n) is 8.41. The number of hydrogen-bond donors (Lipinski definition) is 3. The molecule has 1 aliphatic heterocycles. The number of nitrogens with one attached hydrogen (secondary N) is 2. The van der Waals surface area contributed by atoms with Gasteiger partial charge < -0.3 is 20.6 Å². The number of amides is 1. The van der Waals surface area contributed by atoms with Gasteiger partial charge in [-0.05, 0) is 42.8 Å². The molecule has 37 heavy (non-hydrogen) atoms. The molecule has 0 fully saturated rings. The molecule has 2 aromatic heterocycles. The number of para-hydroxylation sites is 1. The minimum absolute atomic E-state index is 0.128. The molecule has 0 spiro atoms. The summed E-state index contributed by atoms with van der Waals surface area (Å²) in [7, 11) is 1.61. The van der Waals surface area contributed by atoms with Crippen molar-refractivity contribution in [2.24, 2.45) is 7.05 Å². The molecule has 3 heterocycles. The van der Waals surface area contributed by atoms with Crippen LogP contribution in [0.2, 0.25) is 0 Å². The average molecular weight is 501 g/mol. The Morgan fingerprint density at radius 2 is 1.97 bits per heavy atom. The lowest BCUT2D eigenvalue weighted by molar-refractivity contribution is -0.111. The zero-order valence-electron chi connectivity index (χ0n) is 20.0. The third-order valence-electron chi connectivity index (χ3n) is 5.90. The Labute approximate surface area is 212 Å². The summed E-state index contributed by atoms with van der Waals surface area (Å²) in [5.74, 6) is -0.446. The summed E-state index contributed by atoms with van der Waals surface area (Å²) in [6, 6.07) is 16.6. The van der Waals surface area contributed by atoms with E-state index >= 15 is 0 Å². The molecular weight excluding hydrogens is 475 g/mol. The number of nitrogens with zero attached hydrogens (tertiary/aromatic N) is 6. The number of rotatable bonds is 6. The summed E-state index contributed by atoms with van der Waals surface area (Å²) in [6.45, 7) is 3.99. The summed E-state index contributed by atoms with van der Waals surface area (Å²) in [5, 5.41) is 21.0. The fourth-order valence-electron chi connectivity index (χ4n) is 4.18. The number of hydrogen-bond acceptors (Lipinski definition) is 8. The monoisotopic (exact) mass is 500 g/mol. The van der Waals surface area contributed by atoms with Gasteiger partial charge in [-0.1, -0.05) is 30.8 Å². The molecule has 188 valence electrons. The van der Waals surface area contributed by atoms with Crippen molar-refractivity contribution in [1.82, 2.24) is 19.7 Å².